The van der Waals surface area contributed by atoms with Crippen LogP contribution in [0.25, 0.3) is 11.0 Å². The van der Waals surface area contributed by atoms with Gasteiger partial charge in [0.1, 0.15) is 17.0 Å². The molecule has 0 spiro atoms. The average molecular weight is 325 g/mol. The van der Waals surface area contributed by atoms with Crippen LogP contribution in [-0.2, 0) is 6.54 Å². The van der Waals surface area contributed by atoms with E-state index in [0.717, 1.165) is 11.0 Å². The number of benzene rings is 1. The van der Waals surface area contributed by atoms with Crippen LogP contribution in [0.3, 0.4) is 0 Å². The van der Waals surface area contributed by atoms with Crippen LogP contribution >= 0.6 is 0 Å². The quantitative estimate of drug-likeness (QED) is 0.745. The third-order valence-electron chi connectivity index (χ3n) is 3.27. The van der Waals surface area contributed by atoms with E-state index >= 15 is 0 Å². The van der Waals surface area contributed by atoms with Gasteiger partial charge in [-0.1, -0.05) is 18.2 Å². The Morgan fingerprint density at radius 3 is 2.88 bits per heavy atom. The lowest BCUT2D eigenvalue weighted by atomic mass is 10.2. The molecule has 0 bridgehead atoms. The van der Waals surface area contributed by atoms with Gasteiger partial charge < -0.3 is 19.8 Å². The summed E-state index contributed by atoms with van der Waals surface area (Å²) in [7, 11) is 0. The number of pyridine rings is 1. The zero-order chi connectivity index (χ0) is 16.9. The molecule has 3 rings (SSSR count). The zero-order valence-corrected chi connectivity index (χ0v) is 13.6. The van der Waals surface area contributed by atoms with Gasteiger partial charge in [-0.15, -0.1) is 0 Å². The van der Waals surface area contributed by atoms with Crippen LogP contribution in [-0.4, -0.2) is 17.1 Å². The van der Waals surface area contributed by atoms with Crippen molar-refractivity contribution in [3.05, 3.63) is 54.4 Å². The summed E-state index contributed by atoms with van der Waals surface area (Å²) in [4.78, 5) is 16.2. The van der Waals surface area contributed by atoms with Crippen molar-refractivity contribution in [3.63, 3.8) is 0 Å². The van der Waals surface area contributed by atoms with Crippen LogP contribution in [0.5, 0.6) is 5.88 Å². The van der Waals surface area contributed by atoms with E-state index < -0.39 is 0 Å². The lowest BCUT2D eigenvalue weighted by Gasteiger charge is -2.13. The summed E-state index contributed by atoms with van der Waals surface area (Å²) in [5.74, 6) is 1.09. The zero-order valence-electron chi connectivity index (χ0n) is 13.6. The number of furan rings is 1. The number of hydrogen-bond acceptors (Lipinski definition) is 4. The molecule has 24 heavy (non-hydrogen) atoms. The summed E-state index contributed by atoms with van der Waals surface area (Å²) in [6.45, 7) is 4.10. The summed E-state index contributed by atoms with van der Waals surface area (Å²) >= 11 is 0. The molecule has 0 radical (unpaired) electrons. The van der Waals surface area contributed by atoms with E-state index in [1.807, 2.05) is 44.2 Å². The standard InChI is InChI=1S/C18H19N3O3/c1-12(2)23-17-15(7-5-9-19-17)21-18(22)20-11-14-10-13-6-3-4-8-16(13)24-14/h3-10,12H,11H2,1-2H3,(H2,20,21,22). The van der Waals surface area contributed by atoms with Crippen molar-refractivity contribution in [1.82, 2.24) is 10.3 Å². The van der Waals surface area contributed by atoms with Crippen molar-refractivity contribution >= 4 is 22.7 Å². The van der Waals surface area contributed by atoms with Crippen molar-refractivity contribution in [3.8, 4) is 5.88 Å². The molecule has 124 valence electrons. The molecular formula is C18H19N3O3. The van der Waals surface area contributed by atoms with Crippen LogP contribution in [0, 0.1) is 0 Å². The van der Waals surface area contributed by atoms with E-state index in [-0.39, 0.29) is 12.1 Å². The highest BCUT2D eigenvalue weighted by atomic mass is 16.5. The smallest absolute Gasteiger partial charge is 0.319 e. The number of rotatable bonds is 5. The Labute approximate surface area is 139 Å². The summed E-state index contributed by atoms with van der Waals surface area (Å²) in [6, 6.07) is 12.8. The normalized spacial score (nSPS) is 10.8. The highest BCUT2D eigenvalue weighted by molar-refractivity contribution is 5.90. The van der Waals surface area contributed by atoms with Crippen molar-refractivity contribution < 1.29 is 13.9 Å². The molecule has 0 aliphatic heterocycles. The third-order valence-corrected chi connectivity index (χ3v) is 3.27. The first-order chi connectivity index (χ1) is 11.6. The molecule has 6 nitrogen and oxygen atoms in total. The molecule has 0 saturated heterocycles. The molecule has 6 heteroatoms. The Balaban J connectivity index is 1.61. The minimum absolute atomic E-state index is 0.0286. The predicted molar refractivity (Wildman–Crippen MR) is 92.1 cm³/mol. The summed E-state index contributed by atoms with van der Waals surface area (Å²) in [5, 5.41) is 6.51. The lowest BCUT2D eigenvalue weighted by molar-refractivity contribution is 0.233. The van der Waals surface area contributed by atoms with Crippen molar-refractivity contribution in [2.75, 3.05) is 5.32 Å². The number of amides is 2. The molecule has 2 aromatic heterocycles. The number of ether oxygens (including phenoxy) is 1. The number of fused-ring (bicyclic) bond motifs is 1. The number of anilines is 1. The Morgan fingerprint density at radius 1 is 1.25 bits per heavy atom. The van der Waals surface area contributed by atoms with Crippen molar-refractivity contribution in [2.45, 2.75) is 26.5 Å². The second-order valence-electron chi connectivity index (χ2n) is 5.58. The second-order valence-corrected chi connectivity index (χ2v) is 5.58. The number of urea groups is 1. The Morgan fingerprint density at radius 2 is 2.08 bits per heavy atom. The van der Waals surface area contributed by atoms with Gasteiger partial charge in [-0.25, -0.2) is 9.78 Å². The van der Waals surface area contributed by atoms with Gasteiger partial charge in [-0.3, -0.25) is 0 Å². The van der Waals surface area contributed by atoms with E-state index in [0.29, 0.717) is 23.9 Å². The van der Waals surface area contributed by atoms with Gasteiger partial charge >= 0.3 is 6.03 Å². The summed E-state index contributed by atoms with van der Waals surface area (Å²) in [5.41, 5.74) is 1.32. The highest BCUT2D eigenvalue weighted by Crippen LogP contribution is 2.22. The molecule has 0 atom stereocenters. The van der Waals surface area contributed by atoms with Crippen LogP contribution in [0.2, 0.25) is 0 Å². The molecule has 0 unspecified atom stereocenters. The number of para-hydroxylation sites is 1. The molecule has 2 heterocycles. The fourth-order valence-corrected chi connectivity index (χ4v) is 2.26. The molecule has 1 aromatic carbocycles. The number of carbonyl (C=O) groups is 1. The maximum Gasteiger partial charge on any atom is 0.319 e. The number of aromatic nitrogens is 1. The molecule has 0 aliphatic rings. The predicted octanol–water partition coefficient (Wildman–Crippen LogP) is 3.94. The van der Waals surface area contributed by atoms with Gasteiger partial charge in [0.05, 0.1) is 12.6 Å². The molecule has 0 fully saturated rings. The molecule has 3 aromatic rings. The first-order valence-electron chi connectivity index (χ1n) is 7.76. The molecule has 2 N–H and O–H groups in total. The van der Waals surface area contributed by atoms with E-state index in [1.54, 1.807) is 18.3 Å². The van der Waals surface area contributed by atoms with Gasteiger partial charge in [0, 0.05) is 11.6 Å². The fraction of sp³-hybridized carbons (Fsp3) is 0.222. The Hall–Kier alpha value is -3.02. The van der Waals surface area contributed by atoms with E-state index in [9.17, 15) is 4.79 Å². The van der Waals surface area contributed by atoms with Crippen LogP contribution in [0.15, 0.2) is 53.1 Å². The van der Waals surface area contributed by atoms with Crippen molar-refractivity contribution in [2.24, 2.45) is 0 Å². The maximum atomic E-state index is 12.1. The number of nitrogens with zero attached hydrogens (tertiary/aromatic N) is 1. The van der Waals surface area contributed by atoms with Gasteiger partial charge in [-0.05, 0) is 38.1 Å². The van der Waals surface area contributed by atoms with E-state index in [2.05, 4.69) is 15.6 Å². The number of nitrogens with one attached hydrogen (secondary N) is 2. The van der Waals surface area contributed by atoms with Crippen LogP contribution < -0.4 is 15.4 Å². The number of carbonyl (C=O) groups excluding carboxylic acids is 1. The minimum atomic E-state index is -0.350. The van der Waals surface area contributed by atoms with Crippen LogP contribution in [0.1, 0.15) is 19.6 Å². The lowest BCUT2D eigenvalue weighted by Crippen LogP contribution is -2.28. The van der Waals surface area contributed by atoms with E-state index in [4.69, 9.17) is 9.15 Å². The summed E-state index contributed by atoms with van der Waals surface area (Å²) < 4.78 is 11.2. The number of hydrogen-bond donors (Lipinski definition) is 2. The Bertz CT molecular complexity index is 809. The van der Waals surface area contributed by atoms with Gasteiger partial charge in [0.25, 0.3) is 0 Å². The molecule has 2 amide bonds. The maximum absolute atomic E-state index is 12.1. The van der Waals surface area contributed by atoms with Gasteiger partial charge in [0.15, 0.2) is 0 Å². The van der Waals surface area contributed by atoms with E-state index in [1.165, 1.54) is 0 Å². The minimum Gasteiger partial charge on any atom is -0.473 e. The topological polar surface area (TPSA) is 76.4 Å². The van der Waals surface area contributed by atoms with Crippen molar-refractivity contribution in [1.29, 1.82) is 0 Å². The molecule has 0 aliphatic carbocycles. The fourth-order valence-electron chi connectivity index (χ4n) is 2.26. The largest absolute Gasteiger partial charge is 0.473 e. The average Bonchev–Trinajstić information content (AvgIpc) is 2.97. The Kier molecular flexibility index (Phi) is 4.65. The molecule has 0 saturated carbocycles. The summed E-state index contributed by atoms with van der Waals surface area (Å²) in [6.07, 6.45) is 1.59. The highest BCUT2D eigenvalue weighted by Gasteiger charge is 2.11. The SMILES string of the molecule is CC(C)Oc1ncccc1NC(=O)NCc1cc2ccccc2o1. The third kappa shape index (κ3) is 3.84. The van der Waals surface area contributed by atoms with Crippen LogP contribution in [0.4, 0.5) is 10.5 Å². The monoisotopic (exact) mass is 325 g/mol. The first kappa shape index (κ1) is 15.9. The first-order valence-corrected chi connectivity index (χ1v) is 7.76. The molecular weight excluding hydrogens is 306 g/mol. The van der Waals surface area contributed by atoms with Gasteiger partial charge in [-0.2, -0.15) is 0 Å². The second kappa shape index (κ2) is 7.04. The van der Waals surface area contributed by atoms with Gasteiger partial charge in [0.2, 0.25) is 5.88 Å².